The van der Waals surface area contributed by atoms with Gasteiger partial charge in [0.1, 0.15) is 0 Å². The molecule has 2 N–H and O–H groups in total. The normalized spacial score (nSPS) is 18.5. The molecule has 1 aromatic heterocycles. The summed E-state index contributed by atoms with van der Waals surface area (Å²) in [5, 5.41) is 17.3. The van der Waals surface area contributed by atoms with Crippen LogP contribution in [0.25, 0.3) is 0 Å². The van der Waals surface area contributed by atoms with E-state index in [1.54, 1.807) is 0 Å². The average Bonchev–Trinajstić information content (AvgIpc) is 2.68. The van der Waals surface area contributed by atoms with Crippen LogP contribution in [0.3, 0.4) is 0 Å². The number of H-pyrrole nitrogens is 1. The summed E-state index contributed by atoms with van der Waals surface area (Å²) in [5.74, 6) is 0.831. The molecule has 2 rings (SSSR count). The molecule has 1 saturated heterocycles. The van der Waals surface area contributed by atoms with Crippen LogP contribution in [0.1, 0.15) is 25.1 Å². The highest BCUT2D eigenvalue weighted by molar-refractivity contribution is 4.75. The highest BCUT2D eigenvalue weighted by atomic mass is 15.5. The summed E-state index contributed by atoms with van der Waals surface area (Å²) in [6.45, 7) is 5.90. The van der Waals surface area contributed by atoms with Crippen LogP contribution >= 0.6 is 0 Å². The number of nitrogens with zero attached hydrogens (tertiary/aromatic N) is 4. The molecule has 2 heterocycles. The van der Waals surface area contributed by atoms with Crippen LogP contribution in [0, 0.1) is 0 Å². The van der Waals surface area contributed by atoms with Crippen LogP contribution in [0.2, 0.25) is 0 Å². The molecule has 0 aliphatic carbocycles. The van der Waals surface area contributed by atoms with E-state index in [1.165, 1.54) is 39.0 Å². The van der Waals surface area contributed by atoms with Crippen LogP contribution in [0.5, 0.6) is 0 Å². The zero-order valence-electron chi connectivity index (χ0n) is 9.65. The largest absolute Gasteiger partial charge is 0.315 e. The Morgan fingerprint density at radius 2 is 2.19 bits per heavy atom. The van der Waals surface area contributed by atoms with Crippen LogP contribution in [-0.4, -0.2) is 58.2 Å². The van der Waals surface area contributed by atoms with Crippen molar-refractivity contribution in [2.24, 2.45) is 0 Å². The number of rotatable bonds is 5. The van der Waals surface area contributed by atoms with Crippen molar-refractivity contribution in [3.63, 3.8) is 0 Å². The molecule has 1 aromatic rings. The lowest BCUT2D eigenvalue weighted by Crippen LogP contribution is -2.29. The molecule has 0 radical (unpaired) electrons. The number of hydrogen-bond acceptors (Lipinski definition) is 5. The minimum absolute atomic E-state index is 0.831. The zero-order chi connectivity index (χ0) is 11.1. The molecule has 6 nitrogen and oxygen atoms in total. The van der Waals surface area contributed by atoms with Gasteiger partial charge in [-0.2, -0.15) is 5.21 Å². The highest BCUT2D eigenvalue weighted by Crippen LogP contribution is 2.01. The number of tetrazole rings is 1. The van der Waals surface area contributed by atoms with E-state index in [4.69, 9.17) is 0 Å². The van der Waals surface area contributed by atoms with Gasteiger partial charge < -0.3 is 10.2 Å². The molecule has 1 aliphatic heterocycles. The Hall–Kier alpha value is -1.01. The summed E-state index contributed by atoms with van der Waals surface area (Å²) < 4.78 is 0. The predicted octanol–water partition coefficient (Wildman–Crippen LogP) is -0.182. The molecule has 0 atom stereocenters. The maximum atomic E-state index is 3.94. The molecule has 0 spiro atoms. The summed E-state index contributed by atoms with van der Waals surface area (Å²) in [6, 6.07) is 0. The lowest BCUT2D eigenvalue weighted by molar-refractivity contribution is 0.286. The molecular formula is C10H20N6. The number of hydrogen-bond donors (Lipinski definition) is 2. The smallest absolute Gasteiger partial charge is 0.174 e. The van der Waals surface area contributed by atoms with Gasteiger partial charge in [0.25, 0.3) is 0 Å². The number of aryl methyl sites for hydroxylation is 1. The zero-order valence-corrected chi connectivity index (χ0v) is 9.65. The van der Waals surface area contributed by atoms with Crippen molar-refractivity contribution in [2.45, 2.75) is 25.7 Å². The van der Waals surface area contributed by atoms with Crippen LogP contribution in [0.4, 0.5) is 0 Å². The quantitative estimate of drug-likeness (QED) is 0.679. The maximum absolute atomic E-state index is 3.94. The van der Waals surface area contributed by atoms with E-state index in [9.17, 15) is 0 Å². The van der Waals surface area contributed by atoms with Gasteiger partial charge >= 0.3 is 0 Å². The van der Waals surface area contributed by atoms with Gasteiger partial charge in [-0.15, -0.1) is 10.2 Å². The number of aromatic nitrogens is 4. The second-order valence-corrected chi connectivity index (χ2v) is 4.23. The molecule has 0 unspecified atom stereocenters. The van der Waals surface area contributed by atoms with Gasteiger partial charge in [0, 0.05) is 19.5 Å². The third-order valence-corrected chi connectivity index (χ3v) is 2.95. The number of nitrogens with one attached hydrogen (secondary N) is 2. The van der Waals surface area contributed by atoms with Crippen molar-refractivity contribution in [2.75, 3.05) is 32.7 Å². The monoisotopic (exact) mass is 224 g/mol. The fourth-order valence-corrected chi connectivity index (χ4v) is 2.03. The first-order valence-corrected chi connectivity index (χ1v) is 6.10. The Morgan fingerprint density at radius 3 is 3.06 bits per heavy atom. The molecule has 90 valence electrons. The van der Waals surface area contributed by atoms with E-state index in [2.05, 4.69) is 30.8 Å². The van der Waals surface area contributed by atoms with Gasteiger partial charge in [-0.05, 0) is 38.9 Å². The highest BCUT2D eigenvalue weighted by Gasteiger charge is 2.07. The Kier molecular flexibility index (Phi) is 4.69. The van der Waals surface area contributed by atoms with Gasteiger partial charge in [0.15, 0.2) is 5.82 Å². The predicted molar refractivity (Wildman–Crippen MR) is 61.0 cm³/mol. The minimum Gasteiger partial charge on any atom is -0.315 e. The lowest BCUT2D eigenvalue weighted by Gasteiger charge is -2.18. The van der Waals surface area contributed by atoms with Crippen molar-refractivity contribution in [3.8, 4) is 0 Å². The van der Waals surface area contributed by atoms with E-state index in [0.29, 0.717) is 0 Å². The Bertz CT molecular complexity index is 265. The third kappa shape index (κ3) is 3.86. The molecule has 0 bridgehead atoms. The molecule has 6 heteroatoms. The third-order valence-electron chi connectivity index (χ3n) is 2.95. The molecular weight excluding hydrogens is 204 g/mol. The molecule has 0 amide bonds. The lowest BCUT2D eigenvalue weighted by atomic mass is 10.2. The molecule has 0 aromatic carbocycles. The Labute approximate surface area is 95.8 Å². The van der Waals surface area contributed by atoms with Crippen LogP contribution in [0.15, 0.2) is 0 Å². The summed E-state index contributed by atoms with van der Waals surface area (Å²) >= 11 is 0. The van der Waals surface area contributed by atoms with E-state index in [0.717, 1.165) is 25.2 Å². The van der Waals surface area contributed by atoms with E-state index >= 15 is 0 Å². The van der Waals surface area contributed by atoms with E-state index in [1.807, 2.05) is 0 Å². The molecule has 1 fully saturated rings. The van der Waals surface area contributed by atoms with Crippen LogP contribution in [-0.2, 0) is 6.42 Å². The summed E-state index contributed by atoms with van der Waals surface area (Å²) in [7, 11) is 0. The SMILES string of the molecule is C(CCN1CCCNCC1)Cc1nn[nH]n1. The van der Waals surface area contributed by atoms with Gasteiger partial charge in [-0.1, -0.05) is 5.21 Å². The fourth-order valence-electron chi connectivity index (χ4n) is 2.03. The molecule has 1 aliphatic rings. The van der Waals surface area contributed by atoms with Crippen molar-refractivity contribution < 1.29 is 0 Å². The van der Waals surface area contributed by atoms with Gasteiger partial charge in [0.05, 0.1) is 0 Å². The van der Waals surface area contributed by atoms with E-state index in [-0.39, 0.29) is 0 Å². The van der Waals surface area contributed by atoms with E-state index < -0.39 is 0 Å². The first-order valence-electron chi connectivity index (χ1n) is 6.10. The van der Waals surface area contributed by atoms with Crippen molar-refractivity contribution in [1.82, 2.24) is 30.8 Å². The van der Waals surface area contributed by atoms with Gasteiger partial charge in [0.2, 0.25) is 0 Å². The Balaban J connectivity index is 1.56. The van der Waals surface area contributed by atoms with Crippen molar-refractivity contribution in [3.05, 3.63) is 5.82 Å². The standard InChI is InChI=1S/C10H20N6/c1(4-10-12-14-15-13-10)2-7-16-8-3-5-11-6-9-16/h11H,1-9H2,(H,12,13,14,15). The summed E-state index contributed by atoms with van der Waals surface area (Å²) in [4.78, 5) is 2.54. The van der Waals surface area contributed by atoms with Crippen molar-refractivity contribution in [1.29, 1.82) is 0 Å². The van der Waals surface area contributed by atoms with Gasteiger partial charge in [-0.25, -0.2) is 0 Å². The summed E-state index contributed by atoms with van der Waals surface area (Å²) in [6.07, 6.45) is 4.56. The van der Waals surface area contributed by atoms with Crippen molar-refractivity contribution >= 4 is 0 Å². The molecule has 0 saturated carbocycles. The average molecular weight is 224 g/mol. The topological polar surface area (TPSA) is 69.7 Å². The second kappa shape index (κ2) is 6.55. The first kappa shape index (κ1) is 11.5. The first-order chi connectivity index (χ1) is 7.95. The minimum atomic E-state index is 0.831. The Morgan fingerprint density at radius 1 is 1.19 bits per heavy atom. The fraction of sp³-hybridized carbons (Fsp3) is 0.900. The number of unbranched alkanes of at least 4 members (excludes halogenated alkanes) is 1. The molecule has 16 heavy (non-hydrogen) atoms. The summed E-state index contributed by atoms with van der Waals surface area (Å²) in [5.41, 5.74) is 0. The van der Waals surface area contributed by atoms with Gasteiger partial charge in [-0.3, -0.25) is 0 Å². The maximum Gasteiger partial charge on any atom is 0.174 e. The number of aromatic amines is 1. The van der Waals surface area contributed by atoms with Crippen LogP contribution < -0.4 is 5.32 Å². The second-order valence-electron chi connectivity index (χ2n) is 4.23.